The highest BCUT2D eigenvalue weighted by atomic mass is 32.1. The lowest BCUT2D eigenvalue weighted by atomic mass is 10.1. The number of hydrogen-bond donors (Lipinski definition) is 1. The van der Waals surface area contributed by atoms with E-state index in [0.29, 0.717) is 0 Å². The van der Waals surface area contributed by atoms with Gasteiger partial charge < -0.3 is 9.84 Å². The zero-order valence-corrected chi connectivity index (χ0v) is 9.02. The fraction of sp³-hybridized carbons (Fsp3) is 0.273. The molecule has 0 unspecified atom stereocenters. The Morgan fingerprint density at radius 2 is 2.21 bits per heavy atom. The molecule has 0 spiro atoms. The van der Waals surface area contributed by atoms with Crippen molar-refractivity contribution >= 4 is 21.4 Å². The van der Waals surface area contributed by atoms with E-state index in [2.05, 4.69) is 6.92 Å². The van der Waals surface area contributed by atoms with Gasteiger partial charge in [0.2, 0.25) is 0 Å². The smallest absolute Gasteiger partial charge is 0.137 e. The predicted octanol–water partition coefficient (Wildman–Crippen LogP) is 2.71. The second-order valence-electron chi connectivity index (χ2n) is 3.21. The summed E-state index contributed by atoms with van der Waals surface area (Å²) in [6.07, 6.45) is 0. The number of fused-ring (bicyclic) bond motifs is 1. The van der Waals surface area contributed by atoms with Crippen LogP contribution >= 0.6 is 11.3 Å². The largest absolute Gasteiger partial charge is 0.495 e. The number of rotatable bonds is 2. The molecule has 1 N–H and O–H groups in total. The van der Waals surface area contributed by atoms with Gasteiger partial charge in [-0.1, -0.05) is 12.1 Å². The van der Waals surface area contributed by atoms with Crippen molar-refractivity contribution in [3.05, 3.63) is 28.6 Å². The van der Waals surface area contributed by atoms with Crippen molar-refractivity contribution < 1.29 is 9.84 Å². The molecule has 0 aliphatic heterocycles. The standard InChI is InChI=1S/C11H12O2S/c1-7-3-4-8(5-12)10-9(13-2)6-14-11(7)10/h3-4,6,12H,5H2,1-2H3. The van der Waals surface area contributed by atoms with Crippen LogP contribution in [0.2, 0.25) is 0 Å². The number of methoxy groups -OCH3 is 1. The molecule has 0 amide bonds. The molecular weight excluding hydrogens is 196 g/mol. The van der Waals surface area contributed by atoms with Crippen LogP contribution in [0.1, 0.15) is 11.1 Å². The fourth-order valence-electron chi connectivity index (χ4n) is 1.60. The molecule has 0 radical (unpaired) electrons. The Balaban J connectivity index is 2.82. The van der Waals surface area contributed by atoms with Crippen LogP contribution in [-0.2, 0) is 6.61 Å². The fourth-order valence-corrected chi connectivity index (χ4v) is 2.65. The topological polar surface area (TPSA) is 29.5 Å². The lowest BCUT2D eigenvalue weighted by Crippen LogP contribution is -1.88. The number of aryl methyl sites for hydroxylation is 1. The van der Waals surface area contributed by atoms with E-state index in [9.17, 15) is 5.11 Å². The molecule has 1 heterocycles. The van der Waals surface area contributed by atoms with Crippen LogP contribution in [0.3, 0.4) is 0 Å². The quantitative estimate of drug-likeness (QED) is 0.822. The highest BCUT2D eigenvalue weighted by Crippen LogP contribution is 2.36. The van der Waals surface area contributed by atoms with Crippen molar-refractivity contribution in [3.63, 3.8) is 0 Å². The van der Waals surface area contributed by atoms with Gasteiger partial charge in [-0.15, -0.1) is 11.3 Å². The summed E-state index contributed by atoms with van der Waals surface area (Å²) < 4.78 is 6.47. The van der Waals surface area contributed by atoms with Gasteiger partial charge in [0.05, 0.1) is 13.7 Å². The monoisotopic (exact) mass is 208 g/mol. The third kappa shape index (κ3) is 1.29. The summed E-state index contributed by atoms with van der Waals surface area (Å²) >= 11 is 1.66. The van der Waals surface area contributed by atoms with Gasteiger partial charge in [-0.2, -0.15) is 0 Å². The van der Waals surface area contributed by atoms with Gasteiger partial charge in [0.25, 0.3) is 0 Å². The number of aliphatic hydroxyl groups is 1. The minimum absolute atomic E-state index is 0.0594. The second kappa shape index (κ2) is 3.59. The summed E-state index contributed by atoms with van der Waals surface area (Å²) in [5.74, 6) is 0.859. The Morgan fingerprint density at radius 1 is 1.43 bits per heavy atom. The molecule has 2 rings (SSSR count). The lowest BCUT2D eigenvalue weighted by molar-refractivity contribution is 0.283. The maximum Gasteiger partial charge on any atom is 0.137 e. The summed E-state index contributed by atoms with van der Waals surface area (Å²) in [4.78, 5) is 0. The summed E-state index contributed by atoms with van der Waals surface area (Å²) in [6.45, 7) is 2.13. The Kier molecular flexibility index (Phi) is 2.44. The van der Waals surface area contributed by atoms with Crippen molar-refractivity contribution in [1.29, 1.82) is 0 Å². The van der Waals surface area contributed by atoms with Crippen molar-refractivity contribution in [2.75, 3.05) is 7.11 Å². The van der Waals surface area contributed by atoms with E-state index in [4.69, 9.17) is 4.74 Å². The molecule has 1 aromatic carbocycles. The maximum atomic E-state index is 9.21. The van der Waals surface area contributed by atoms with Gasteiger partial charge in [-0.05, 0) is 18.1 Å². The molecule has 2 nitrogen and oxygen atoms in total. The van der Waals surface area contributed by atoms with Crippen LogP contribution in [0.25, 0.3) is 10.1 Å². The van der Waals surface area contributed by atoms with Crippen molar-refractivity contribution in [3.8, 4) is 5.75 Å². The van der Waals surface area contributed by atoms with Gasteiger partial charge in [-0.25, -0.2) is 0 Å². The van der Waals surface area contributed by atoms with Crippen molar-refractivity contribution in [2.24, 2.45) is 0 Å². The van der Waals surface area contributed by atoms with Gasteiger partial charge >= 0.3 is 0 Å². The highest BCUT2D eigenvalue weighted by molar-refractivity contribution is 7.17. The molecule has 1 aromatic heterocycles. The Bertz CT molecular complexity index is 460. The summed E-state index contributed by atoms with van der Waals surface area (Å²) in [7, 11) is 1.66. The predicted molar refractivity (Wildman–Crippen MR) is 59.0 cm³/mol. The van der Waals surface area contributed by atoms with E-state index < -0.39 is 0 Å². The second-order valence-corrected chi connectivity index (χ2v) is 4.09. The van der Waals surface area contributed by atoms with Crippen molar-refractivity contribution in [2.45, 2.75) is 13.5 Å². The first-order chi connectivity index (χ1) is 6.77. The van der Waals surface area contributed by atoms with E-state index in [0.717, 1.165) is 16.7 Å². The lowest BCUT2D eigenvalue weighted by Gasteiger charge is -2.04. The van der Waals surface area contributed by atoms with Gasteiger partial charge in [-0.3, -0.25) is 0 Å². The number of aliphatic hydroxyl groups excluding tert-OH is 1. The van der Waals surface area contributed by atoms with E-state index in [1.807, 2.05) is 17.5 Å². The third-order valence-electron chi connectivity index (χ3n) is 2.36. The molecule has 0 aliphatic carbocycles. The average Bonchev–Trinajstić information content (AvgIpc) is 2.63. The molecule has 0 bridgehead atoms. The van der Waals surface area contributed by atoms with E-state index >= 15 is 0 Å². The van der Waals surface area contributed by atoms with Gasteiger partial charge in [0.15, 0.2) is 0 Å². The van der Waals surface area contributed by atoms with Crippen LogP contribution in [0.4, 0.5) is 0 Å². The molecule has 74 valence electrons. The normalized spacial score (nSPS) is 10.8. The van der Waals surface area contributed by atoms with Gasteiger partial charge in [0.1, 0.15) is 5.75 Å². The summed E-state index contributed by atoms with van der Waals surface area (Å²) in [5.41, 5.74) is 2.16. The Labute approximate surface area is 86.8 Å². The summed E-state index contributed by atoms with van der Waals surface area (Å²) in [6, 6.07) is 3.98. The average molecular weight is 208 g/mol. The zero-order valence-electron chi connectivity index (χ0n) is 8.20. The van der Waals surface area contributed by atoms with E-state index in [1.54, 1.807) is 18.4 Å². The zero-order chi connectivity index (χ0) is 10.1. The highest BCUT2D eigenvalue weighted by Gasteiger charge is 2.10. The number of hydrogen-bond acceptors (Lipinski definition) is 3. The van der Waals surface area contributed by atoms with Crippen molar-refractivity contribution in [1.82, 2.24) is 0 Å². The molecule has 14 heavy (non-hydrogen) atoms. The Morgan fingerprint density at radius 3 is 2.86 bits per heavy atom. The minimum Gasteiger partial charge on any atom is -0.495 e. The molecule has 0 atom stereocenters. The minimum atomic E-state index is 0.0594. The Hall–Kier alpha value is -1.06. The first-order valence-electron chi connectivity index (χ1n) is 4.42. The molecule has 2 aromatic rings. The van der Waals surface area contributed by atoms with Crippen LogP contribution in [-0.4, -0.2) is 12.2 Å². The van der Waals surface area contributed by atoms with E-state index in [-0.39, 0.29) is 6.61 Å². The molecule has 0 aliphatic rings. The van der Waals surface area contributed by atoms with Crippen LogP contribution in [0.5, 0.6) is 5.75 Å². The van der Waals surface area contributed by atoms with Gasteiger partial charge in [0, 0.05) is 15.5 Å². The van der Waals surface area contributed by atoms with E-state index in [1.165, 1.54) is 10.3 Å². The molecule has 0 saturated carbocycles. The van der Waals surface area contributed by atoms with Crippen LogP contribution < -0.4 is 4.74 Å². The third-order valence-corrected chi connectivity index (χ3v) is 3.46. The maximum absolute atomic E-state index is 9.21. The van der Waals surface area contributed by atoms with Crippen LogP contribution in [0, 0.1) is 6.92 Å². The SMILES string of the molecule is COc1csc2c(C)ccc(CO)c12. The van der Waals surface area contributed by atoms with Crippen LogP contribution in [0.15, 0.2) is 17.5 Å². The first kappa shape index (κ1) is 9.49. The molecule has 3 heteroatoms. The summed E-state index contributed by atoms with van der Waals surface area (Å²) in [5, 5.41) is 12.3. The number of benzene rings is 1. The first-order valence-corrected chi connectivity index (χ1v) is 5.30. The number of thiophene rings is 1. The molecule has 0 saturated heterocycles. The number of ether oxygens (including phenoxy) is 1. The molecular formula is C11H12O2S. The molecule has 0 fully saturated rings.